The molecule has 2 N–H and O–H groups in total. The molecule has 4 atom stereocenters. The second-order valence-corrected chi connectivity index (χ2v) is 9.01. The van der Waals surface area contributed by atoms with E-state index in [2.05, 4.69) is 5.32 Å². The van der Waals surface area contributed by atoms with Crippen LogP contribution in [0, 0.1) is 11.7 Å². The van der Waals surface area contributed by atoms with Gasteiger partial charge in [-0.05, 0) is 31.4 Å². The lowest BCUT2D eigenvalue weighted by Crippen LogP contribution is -2.40. The lowest BCUT2D eigenvalue weighted by Gasteiger charge is -2.24. The van der Waals surface area contributed by atoms with Crippen molar-refractivity contribution in [3.05, 3.63) is 37.8 Å². The Balaban J connectivity index is 1.74. The summed E-state index contributed by atoms with van der Waals surface area (Å²) in [6.07, 6.45) is 0.969. The summed E-state index contributed by atoms with van der Waals surface area (Å²) in [4.78, 5) is 26.3. The van der Waals surface area contributed by atoms with Gasteiger partial charge in [0.15, 0.2) is 0 Å². The van der Waals surface area contributed by atoms with Crippen molar-refractivity contribution >= 4 is 45.8 Å². The molecule has 0 spiro atoms. The first-order valence-corrected chi connectivity index (χ1v) is 10.7. The molecule has 1 saturated carbocycles. The zero-order chi connectivity index (χ0) is 21.3. The SMILES string of the molecule is O=C(O)c1c(Cl)n([C@@H]2C[C@@H]2F)c2c(Cl)c(N3CC4CCCNC4C3)c(F)cc2c1=O. The average molecular weight is 458 g/mol. The van der Waals surface area contributed by atoms with Crippen molar-refractivity contribution in [1.82, 2.24) is 9.88 Å². The molecule has 3 aliphatic rings. The van der Waals surface area contributed by atoms with Crippen LogP contribution in [-0.2, 0) is 0 Å². The molecule has 5 rings (SSSR count). The minimum Gasteiger partial charge on any atom is -0.477 e. The van der Waals surface area contributed by atoms with Crippen molar-refractivity contribution in [1.29, 1.82) is 0 Å². The third kappa shape index (κ3) is 2.92. The number of benzene rings is 1. The van der Waals surface area contributed by atoms with Gasteiger partial charge in [0.2, 0.25) is 5.43 Å². The monoisotopic (exact) mass is 457 g/mol. The number of piperidine rings is 1. The van der Waals surface area contributed by atoms with Gasteiger partial charge in [-0.2, -0.15) is 0 Å². The predicted octanol–water partition coefficient (Wildman–Crippen LogP) is 3.62. The summed E-state index contributed by atoms with van der Waals surface area (Å²) in [7, 11) is 0. The van der Waals surface area contributed by atoms with E-state index in [9.17, 15) is 19.1 Å². The van der Waals surface area contributed by atoms with E-state index in [1.807, 2.05) is 4.90 Å². The van der Waals surface area contributed by atoms with E-state index in [0.29, 0.717) is 19.0 Å². The number of aromatic carboxylic acids is 1. The highest BCUT2D eigenvalue weighted by molar-refractivity contribution is 6.39. The van der Waals surface area contributed by atoms with Crippen LogP contribution in [-0.4, -0.2) is 47.5 Å². The number of alkyl halides is 1. The molecule has 0 amide bonds. The Morgan fingerprint density at radius 3 is 2.67 bits per heavy atom. The van der Waals surface area contributed by atoms with E-state index in [1.54, 1.807) is 0 Å². The molecule has 3 heterocycles. The first kappa shape index (κ1) is 20.0. The van der Waals surface area contributed by atoms with E-state index in [-0.39, 0.29) is 39.2 Å². The predicted molar refractivity (Wildman–Crippen MR) is 110 cm³/mol. The third-order valence-electron chi connectivity index (χ3n) is 6.44. The van der Waals surface area contributed by atoms with Gasteiger partial charge in [-0.3, -0.25) is 4.79 Å². The number of nitrogens with zero attached hydrogens (tertiary/aromatic N) is 2. The summed E-state index contributed by atoms with van der Waals surface area (Å²) in [6.45, 7) is 2.09. The molecule has 1 aliphatic carbocycles. The Bertz CT molecular complexity index is 1120. The highest BCUT2D eigenvalue weighted by atomic mass is 35.5. The van der Waals surface area contributed by atoms with E-state index in [1.165, 1.54) is 4.57 Å². The molecule has 160 valence electrons. The fourth-order valence-electron chi connectivity index (χ4n) is 4.89. The van der Waals surface area contributed by atoms with Gasteiger partial charge >= 0.3 is 5.97 Å². The molecule has 2 aromatic rings. The first-order valence-electron chi connectivity index (χ1n) is 9.91. The molecule has 1 aromatic carbocycles. The summed E-state index contributed by atoms with van der Waals surface area (Å²) in [5.41, 5.74) is -1.41. The van der Waals surface area contributed by atoms with Crippen molar-refractivity contribution in [3.8, 4) is 0 Å². The molecular weight excluding hydrogens is 439 g/mol. The highest BCUT2D eigenvalue weighted by Crippen LogP contribution is 2.47. The molecular formula is C20H19Cl2F2N3O3. The standard InChI is InChI=1S/C20H19Cl2F2N3O3/c21-15-16-9(18(28)14(20(29)30)19(22)27(16)13-5-10(13)23)4-11(24)17(15)26-6-8-2-1-3-25-12(8)7-26/h4,8,10,12-13,25H,1-3,5-7H2,(H,29,30)/t8?,10-,12?,13+/m0/s1. The molecule has 6 nitrogen and oxygen atoms in total. The zero-order valence-corrected chi connectivity index (χ0v) is 17.3. The number of anilines is 1. The smallest absolute Gasteiger partial charge is 0.342 e. The Hall–Kier alpha value is -1.90. The van der Waals surface area contributed by atoms with Crippen LogP contribution in [0.3, 0.4) is 0 Å². The van der Waals surface area contributed by atoms with Crippen molar-refractivity contribution in [2.24, 2.45) is 5.92 Å². The average Bonchev–Trinajstić information content (AvgIpc) is 3.23. The molecule has 10 heteroatoms. The number of carboxylic acids is 1. The topological polar surface area (TPSA) is 74.6 Å². The number of hydrogen-bond donors (Lipinski definition) is 2. The van der Waals surface area contributed by atoms with Crippen LogP contribution in [0.15, 0.2) is 10.9 Å². The summed E-state index contributed by atoms with van der Waals surface area (Å²) in [6, 6.07) is 0.490. The molecule has 1 aromatic heterocycles. The maximum Gasteiger partial charge on any atom is 0.342 e. The lowest BCUT2D eigenvalue weighted by molar-refractivity contribution is 0.0695. The first-order chi connectivity index (χ1) is 14.3. The van der Waals surface area contributed by atoms with Gasteiger partial charge in [0.05, 0.1) is 27.7 Å². The van der Waals surface area contributed by atoms with E-state index < -0.39 is 35.0 Å². The van der Waals surface area contributed by atoms with Crippen LogP contribution in [0.2, 0.25) is 10.2 Å². The number of carboxylic acid groups (broad SMARTS) is 1. The molecule has 3 fully saturated rings. The Morgan fingerprint density at radius 1 is 1.30 bits per heavy atom. The van der Waals surface area contributed by atoms with Crippen molar-refractivity contribution < 1.29 is 18.7 Å². The number of halogens is 4. The van der Waals surface area contributed by atoms with Crippen LogP contribution in [0.5, 0.6) is 0 Å². The third-order valence-corrected chi connectivity index (χ3v) is 7.17. The van der Waals surface area contributed by atoms with Gasteiger partial charge in [-0.1, -0.05) is 23.2 Å². The quantitative estimate of drug-likeness (QED) is 0.688. The van der Waals surface area contributed by atoms with E-state index in [4.69, 9.17) is 23.2 Å². The fourth-order valence-corrected chi connectivity index (χ4v) is 5.67. The van der Waals surface area contributed by atoms with Crippen molar-refractivity contribution in [2.75, 3.05) is 24.5 Å². The number of pyridine rings is 1. The summed E-state index contributed by atoms with van der Waals surface area (Å²) in [5.74, 6) is -1.89. The molecule has 2 aliphatic heterocycles. The maximum absolute atomic E-state index is 15.2. The van der Waals surface area contributed by atoms with Crippen molar-refractivity contribution in [2.45, 2.75) is 37.5 Å². The van der Waals surface area contributed by atoms with Gasteiger partial charge in [0.1, 0.15) is 22.7 Å². The second-order valence-electron chi connectivity index (χ2n) is 8.27. The lowest BCUT2D eigenvalue weighted by atomic mass is 9.94. The zero-order valence-electron chi connectivity index (χ0n) is 15.8. The van der Waals surface area contributed by atoms with Crippen LogP contribution in [0.1, 0.15) is 35.7 Å². The number of fused-ring (bicyclic) bond motifs is 2. The second kappa shape index (κ2) is 7.07. The normalized spacial score (nSPS) is 28.1. The number of rotatable bonds is 3. The molecule has 0 radical (unpaired) electrons. The Morgan fingerprint density at radius 2 is 2.03 bits per heavy atom. The van der Waals surface area contributed by atoms with Crippen LogP contribution >= 0.6 is 23.2 Å². The van der Waals surface area contributed by atoms with Gasteiger partial charge in [0, 0.05) is 25.6 Å². The maximum atomic E-state index is 15.2. The van der Waals surface area contributed by atoms with E-state index >= 15 is 4.39 Å². The fraction of sp³-hybridized carbons (Fsp3) is 0.500. The van der Waals surface area contributed by atoms with E-state index in [0.717, 1.165) is 25.5 Å². The molecule has 0 bridgehead atoms. The largest absolute Gasteiger partial charge is 0.477 e. The number of carbonyl (C=O) groups is 1. The van der Waals surface area contributed by atoms with Gasteiger partial charge in [-0.25, -0.2) is 13.6 Å². The minimum absolute atomic E-state index is 0.0429. The number of hydrogen-bond acceptors (Lipinski definition) is 4. The van der Waals surface area contributed by atoms with Gasteiger partial charge in [-0.15, -0.1) is 0 Å². The molecule has 2 unspecified atom stereocenters. The summed E-state index contributed by atoms with van der Waals surface area (Å²) in [5, 5.41) is 12.2. The van der Waals surface area contributed by atoms with Crippen LogP contribution in [0.25, 0.3) is 10.9 Å². The Kier molecular flexibility index (Phi) is 4.72. The molecule has 30 heavy (non-hydrogen) atoms. The number of nitrogens with one attached hydrogen (secondary N) is 1. The van der Waals surface area contributed by atoms with Gasteiger partial charge in [0.25, 0.3) is 0 Å². The summed E-state index contributed by atoms with van der Waals surface area (Å²) >= 11 is 12.9. The minimum atomic E-state index is -1.55. The number of aromatic nitrogens is 1. The Labute approximate surface area is 180 Å². The van der Waals surface area contributed by atoms with Gasteiger partial charge < -0.3 is 19.9 Å². The molecule has 2 saturated heterocycles. The van der Waals surface area contributed by atoms with Crippen LogP contribution < -0.4 is 15.6 Å². The highest BCUT2D eigenvalue weighted by Gasteiger charge is 2.43. The van der Waals surface area contributed by atoms with Crippen LogP contribution in [0.4, 0.5) is 14.5 Å². The van der Waals surface area contributed by atoms with Crippen molar-refractivity contribution in [3.63, 3.8) is 0 Å². The summed E-state index contributed by atoms with van der Waals surface area (Å²) < 4.78 is 30.4.